The SMILES string of the molecule is Cc1ccc(C)c(-c2cnc(N(C)C)c(C#N)c2)c1. The normalized spacial score (nSPS) is 10.1. The van der Waals surface area contributed by atoms with Gasteiger partial charge >= 0.3 is 0 Å². The van der Waals surface area contributed by atoms with Gasteiger partial charge < -0.3 is 4.90 Å². The van der Waals surface area contributed by atoms with Crippen molar-refractivity contribution in [1.82, 2.24) is 4.98 Å². The van der Waals surface area contributed by atoms with Gasteiger partial charge in [0.1, 0.15) is 11.9 Å². The summed E-state index contributed by atoms with van der Waals surface area (Å²) in [6, 6.07) is 10.4. The van der Waals surface area contributed by atoms with Crippen molar-refractivity contribution in [2.24, 2.45) is 0 Å². The van der Waals surface area contributed by atoms with Crippen LogP contribution in [0.2, 0.25) is 0 Å². The van der Waals surface area contributed by atoms with E-state index in [2.05, 4.69) is 43.1 Å². The van der Waals surface area contributed by atoms with Crippen LogP contribution in [0.4, 0.5) is 5.82 Å². The Kier molecular flexibility index (Phi) is 3.52. The topological polar surface area (TPSA) is 39.9 Å². The molecule has 0 unspecified atom stereocenters. The molecule has 1 aromatic heterocycles. The molecule has 0 aliphatic rings. The molecule has 96 valence electrons. The Balaban J connectivity index is 2.59. The summed E-state index contributed by atoms with van der Waals surface area (Å²) in [6.45, 7) is 4.14. The minimum atomic E-state index is 0.600. The quantitative estimate of drug-likeness (QED) is 0.822. The molecule has 3 heteroatoms. The summed E-state index contributed by atoms with van der Waals surface area (Å²) in [5.74, 6) is 0.705. The number of rotatable bonds is 2. The van der Waals surface area contributed by atoms with E-state index < -0.39 is 0 Å². The van der Waals surface area contributed by atoms with Crippen molar-refractivity contribution in [2.45, 2.75) is 13.8 Å². The Hall–Kier alpha value is -2.34. The van der Waals surface area contributed by atoms with Crippen LogP contribution in [0, 0.1) is 25.2 Å². The molecule has 0 saturated carbocycles. The molecule has 1 aromatic carbocycles. The zero-order valence-corrected chi connectivity index (χ0v) is 11.7. The van der Waals surface area contributed by atoms with Gasteiger partial charge in [-0.2, -0.15) is 5.26 Å². The smallest absolute Gasteiger partial charge is 0.146 e. The molecule has 0 fully saturated rings. The molecule has 1 heterocycles. The third kappa shape index (κ3) is 2.58. The first kappa shape index (κ1) is 13.1. The average Bonchev–Trinajstić information content (AvgIpc) is 2.40. The van der Waals surface area contributed by atoms with E-state index in [0.29, 0.717) is 11.4 Å². The highest BCUT2D eigenvalue weighted by Crippen LogP contribution is 2.27. The van der Waals surface area contributed by atoms with Crippen molar-refractivity contribution in [3.63, 3.8) is 0 Å². The molecule has 0 aliphatic carbocycles. The minimum Gasteiger partial charge on any atom is -0.362 e. The van der Waals surface area contributed by atoms with Crippen LogP contribution in [0.15, 0.2) is 30.5 Å². The molecule has 2 aromatic rings. The molecule has 0 saturated heterocycles. The number of aromatic nitrogens is 1. The van der Waals surface area contributed by atoms with Gasteiger partial charge in [0, 0.05) is 25.9 Å². The average molecular weight is 251 g/mol. The van der Waals surface area contributed by atoms with Crippen molar-refractivity contribution >= 4 is 5.82 Å². The van der Waals surface area contributed by atoms with Crippen LogP contribution in [0.25, 0.3) is 11.1 Å². The maximum atomic E-state index is 9.25. The maximum absolute atomic E-state index is 9.25. The Morgan fingerprint density at radius 3 is 2.53 bits per heavy atom. The minimum absolute atomic E-state index is 0.600. The number of benzene rings is 1. The van der Waals surface area contributed by atoms with Gasteiger partial charge in [-0.1, -0.05) is 23.8 Å². The van der Waals surface area contributed by atoms with Crippen LogP contribution < -0.4 is 4.90 Å². The van der Waals surface area contributed by atoms with Crippen LogP contribution in [0.3, 0.4) is 0 Å². The van der Waals surface area contributed by atoms with Crippen LogP contribution in [-0.4, -0.2) is 19.1 Å². The second-order valence-corrected chi connectivity index (χ2v) is 4.92. The number of nitrogens with zero attached hydrogens (tertiary/aromatic N) is 3. The largest absolute Gasteiger partial charge is 0.362 e. The summed E-state index contributed by atoms with van der Waals surface area (Å²) < 4.78 is 0. The molecule has 2 rings (SSSR count). The second kappa shape index (κ2) is 5.11. The molecule has 0 amide bonds. The van der Waals surface area contributed by atoms with E-state index in [4.69, 9.17) is 0 Å². The zero-order chi connectivity index (χ0) is 14.0. The number of pyridine rings is 1. The lowest BCUT2D eigenvalue weighted by Crippen LogP contribution is -2.12. The van der Waals surface area contributed by atoms with E-state index >= 15 is 0 Å². The summed E-state index contributed by atoms with van der Waals surface area (Å²) in [7, 11) is 3.78. The van der Waals surface area contributed by atoms with Gasteiger partial charge in [0.15, 0.2) is 0 Å². The van der Waals surface area contributed by atoms with Gasteiger partial charge in [0.05, 0.1) is 5.56 Å². The van der Waals surface area contributed by atoms with E-state index in [0.717, 1.165) is 11.1 Å². The molecule has 19 heavy (non-hydrogen) atoms. The standard InChI is InChI=1S/C16H17N3/c1-11-5-6-12(2)15(7-11)14-8-13(9-17)16(18-10-14)19(3)4/h5-8,10H,1-4H3. The van der Waals surface area contributed by atoms with Gasteiger partial charge in [0.2, 0.25) is 0 Å². The third-order valence-electron chi connectivity index (χ3n) is 3.11. The molecule has 0 atom stereocenters. The first-order chi connectivity index (χ1) is 9.02. The van der Waals surface area contributed by atoms with Gasteiger partial charge in [0.25, 0.3) is 0 Å². The van der Waals surface area contributed by atoms with Gasteiger partial charge in [-0.05, 0) is 31.0 Å². The van der Waals surface area contributed by atoms with Crippen LogP contribution in [0.5, 0.6) is 0 Å². The highest BCUT2D eigenvalue weighted by atomic mass is 15.1. The summed E-state index contributed by atoms with van der Waals surface area (Å²) in [5.41, 5.74) is 5.12. The highest BCUT2D eigenvalue weighted by Gasteiger charge is 2.09. The summed E-state index contributed by atoms with van der Waals surface area (Å²) in [4.78, 5) is 6.25. The highest BCUT2D eigenvalue weighted by molar-refractivity contribution is 5.71. The molecule has 0 radical (unpaired) electrons. The lowest BCUT2D eigenvalue weighted by Gasteiger charge is -2.14. The van der Waals surface area contributed by atoms with E-state index in [1.54, 1.807) is 0 Å². The Morgan fingerprint density at radius 2 is 1.89 bits per heavy atom. The van der Waals surface area contributed by atoms with E-state index in [1.165, 1.54) is 11.1 Å². The Morgan fingerprint density at radius 1 is 1.16 bits per heavy atom. The summed E-state index contributed by atoms with van der Waals surface area (Å²) in [5, 5.41) is 9.25. The van der Waals surface area contributed by atoms with E-state index in [1.807, 2.05) is 31.3 Å². The fourth-order valence-corrected chi connectivity index (χ4v) is 2.09. The maximum Gasteiger partial charge on any atom is 0.146 e. The van der Waals surface area contributed by atoms with Crippen LogP contribution >= 0.6 is 0 Å². The Bertz CT molecular complexity index is 652. The molecular weight excluding hydrogens is 234 g/mol. The number of aryl methyl sites for hydroxylation is 2. The van der Waals surface area contributed by atoms with Gasteiger partial charge in [-0.25, -0.2) is 4.98 Å². The fraction of sp³-hybridized carbons (Fsp3) is 0.250. The molecule has 0 aliphatic heterocycles. The summed E-state index contributed by atoms with van der Waals surface area (Å²) >= 11 is 0. The van der Waals surface area contributed by atoms with Crippen molar-refractivity contribution in [1.29, 1.82) is 5.26 Å². The zero-order valence-electron chi connectivity index (χ0n) is 11.7. The van der Waals surface area contributed by atoms with E-state index in [9.17, 15) is 5.26 Å². The lowest BCUT2D eigenvalue weighted by molar-refractivity contribution is 1.06. The van der Waals surface area contributed by atoms with Crippen molar-refractivity contribution in [2.75, 3.05) is 19.0 Å². The first-order valence-corrected chi connectivity index (χ1v) is 6.18. The monoisotopic (exact) mass is 251 g/mol. The lowest BCUT2D eigenvalue weighted by atomic mass is 9.99. The fourth-order valence-electron chi connectivity index (χ4n) is 2.09. The predicted octanol–water partition coefficient (Wildman–Crippen LogP) is 3.30. The number of anilines is 1. The first-order valence-electron chi connectivity index (χ1n) is 6.18. The van der Waals surface area contributed by atoms with Crippen molar-refractivity contribution < 1.29 is 0 Å². The molecule has 3 nitrogen and oxygen atoms in total. The van der Waals surface area contributed by atoms with Gasteiger partial charge in [-0.3, -0.25) is 0 Å². The van der Waals surface area contributed by atoms with Gasteiger partial charge in [-0.15, -0.1) is 0 Å². The van der Waals surface area contributed by atoms with Crippen molar-refractivity contribution in [3.8, 4) is 17.2 Å². The molecule has 0 N–H and O–H groups in total. The van der Waals surface area contributed by atoms with E-state index in [-0.39, 0.29) is 0 Å². The van der Waals surface area contributed by atoms with Crippen LogP contribution in [0.1, 0.15) is 16.7 Å². The van der Waals surface area contributed by atoms with Crippen molar-refractivity contribution in [3.05, 3.63) is 47.2 Å². The Labute approximate surface area is 114 Å². The molecule has 0 spiro atoms. The molecule has 0 bridgehead atoms. The number of hydrogen-bond donors (Lipinski definition) is 0. The third-order valence-corrected chi connectivity index (χ3v) is 3.11. The van der Waals surface area contributed by atoms with Crippen LogP contribution in [-0.2, 0) is 0 Å². The number of nitriles is 1. The summed E-state index contributed by atoms with van der Waals surface area (Å²) in [6.07, 6.45) is 1.83. The second-order valence-electron chi connectivity index (χ2n) is 4.92. The number of hydrogen-bond acceptors (Lipinski definition) is 3. The molecular formula is C16H17N3. The predicted molar refractivity (Wildman–Crippen MR) is 78.2 cm³/mol.